The molecule has 128 valence electrons. The lowest BCUT2D eigenvalue weighted by atomic mass is 9.78. The van der Waals surface area contributed by atoms with Crippen molar-refractivity contribution in [2.24, 2.45) is 5.73 Å². The Kier molecular flexibility index (Phi) is 6.23. The highest BCUT2D eigenvalue weighted by molar-refractivity contribution is 5.94. The topological polar surface area (TPSA) is 64.3 Å². The molecule has 4 nitrogen and oxygen atoms in total. The number of ether oxygens (including phenoxy) is 1. The summed E-state index contributed by atoms with van der Waals surface area (Å²) in [6, 6.07) is 17.2. The number of amides is 1. The van der Waals surface area contributed by atoms with Gasteiger partial charge >= 0.3 is 0 Å². The van der Waals surface area contributed by atoms with E-state index in [0.29, 0.717) is 24.5 Å². The predicted molar refractivity (Wildman–Crippen MR) is 97.6 cm³/mol. The molecule has 3 rings (SSSR count). The van der Waals surface area contributed by atoms with E-state index >= 15 is 0 Å². The third kappa shape index (κ3) is 4.73. The zero-order valence-electron chi connectivity index (χ0n) is 13.5. The highest BCUT2D eigenvalue weighted by Gasteiger charge is 2.32. The molecule has 0 heterocycles. The van der Waals surface area contributed by atoms with Gasteiger partial charge in [0.2, 0.25) is 0 Å². The maximum absolute atomic E-state index is 12.2. The van der Waals surface area contributed by atoms with E-state index in [2.05, 4.69) is 5.32 Å². The molecule has 2 aromatic rings. The van der Waals surface area contributed by atoms with Crippen molar-refractivity contribution in [1.29, 1.82) is 0 Å². The van der Waals surface area contributed by atoms with Crippen LogP contribution in [0.1, 0.15) is 35.2 Å². The molecule has 1 aliphatic rings. The van der Waals surface area contributed by atoms with Crippen molar-refractivity contribution in [3.8, 4) is 5.75 Å². The Labute approximate surface area is 148 Å². The van der Waals surface area contributed by atoms with Gasteiger partial charge in [-0.3, -0.25) is 4.79 Å². The van der Waals surface area contributed by atoms with E-state index in [9.17, 15) is 4.79 Å². The lowest BCUT2D eigenvalue weighted by molar-refractivity contribution is 0.0929. The van der Waals surface area contributed by atoms with E-state index in [1.165, 1.54) is 0 Å². The van der Waals surface area contributed by atoms with Crippen LogP contribution in [0.4, 0.5) is 0 Å². The van der Waals surface area contributed by atoms with Crippen molar-refractivity contribution in [3.63, 3.8) is 0 Å². The van der Waals surface area contributed by atoms with E-state index in [4.69, 9.17) is 10.5 Å². The molecule has 0 aliphatic heterocycles. The second-order valence-electron chi connectivity index (χ2n) is 6.20. The summed E-state index contributed by atoms with van der Waals surface area (Å²) in [6.07, 6.45) is 3.11. The van der Waals surface area contributed by atoms with Crippen LogP contribution in [-0.2, 0) is 6.61 Å². The van der Waals surface area contributed by atoms with Crippen molar-refractivity contribution in [2.45, 2.75) is 31.4 Å². The molecule has 0 aromatic heterocycles. The van der Waals surface area contributed by atoms with Gasteiger partial charge in [0.1, 0.15) is 12.4 Å². The number of rotatable bonds is 6. The minimum atomic E-state index is -0.211. The first-order chi connectivity index (χ1) is 11.1. The molecule has 0 unspecified atom stereocenters. The van der Waals surface area contributed by atoms with Crippen LogP contribution in [0.3, 0.4) is 0 Å². The predicted octanol–water partition coefficient (Wildman–Crippen LogP) is 3.30. The van der Waals surface area contributed by atoms with Gasteiger partial charge in [-0.25, -0.2) is 0 Å². The minimum absolute atomic E-state index is 0. The number of benzene rings is 2. The molecule has 0 atom stereocenters. The second kappa shape index (κ2) is 8.18. The summed E-state index contributed by atoms with van der Waals surface area (Å²) in [5.74, 6) is 0.583. The number of hydrogen-bond donors (Lipinski definition) is 2. The Bertz CT molecular complexity index is 672. The van der Waals surface area contributed by atoms with Gasteiger partial charge in [-0.15, -0.1) is 12.4 Å². The lowest BCUT2D eigenvalue weighted by Crippen LogP contribution is -2.54. The molecular formula is C19H23ClN2O2. The summed E-state index contributed by atoms with van der Waals surface area (Å²) in [4.78, 5) is 12.2. The highest BCUT2D eigenvalue weighted by atomic mass is 35.5. The maximum atomic E-state index is 12.2. The summed E-state index contributed by atoms with van der Waals surface area (Å²) in [5, 5.41) is 2.92. The lowest BCUT2D eigenvalue weighted by Gasteiger charge is -2.38. The third-order valence-corrected chi connectivity index (χ3v) is 4.29. The van der Waals surface area contributed by atoms with Crippen LogP contribution in [0.5, 0.6) is 5.75 Å². The number of hydrogen-bond acceptors (Lipinski definition) is 3. The van der Waals surface area contributed by atoms with Gasteiger partial charge in [0.05, 0.1) is 0 Å². The summed E-state index contributed by atoms with van der Waals surface area (Å²) in [6.45, 7) is 1.01. The number of nitrogens with two attached hydrogens (primary N) is 1. The van der Waals surface area contributed by atoms with Gasteiger partial charge in [-0.2, -0.15) is 0 Å². The summed E-state index contributed by atoms with van der Waals surface area (Å²) < 4.78 is 5.76. The van der Waals surface area contributed by atoms with Crippen molar-refractivity contribution >= 4 is 18.3 Å². The first-order valence-electron chi connectivity index (χ1n) is 7.99. The first kappa shape index (κ1) is 18.3. The molecule has 1 aliphatic carbocycles. The van der Waals surface area contributed by atoms with Gasteiger partial charge in [0.15, 0.2) is 0 Å². The third-order valence-electron chi connectivity index (χ3n) is 4.29. The quantitative estimate of drug-likeness (QED) is 0.843. The highest BCUT2D eigenvalue weighted by Crippen LogP contribution is 2.28. The molecule has 0 bridgehead atoms. The molecular weight excluding hydrogens is 324 g/mol. The Balaban J connectivity index is 0.00000208. The fraction of sp³-hybridized carbons (Fsp3) is 0.316. The molecule has 24 heavy (non-hydrogen) atoms. The number of nitrogens with one attached hydrogen (secondary N) is 1. The van der Waals surface area contributed by atoms with Crippen molar-refractivity contribution < 1.29 is 9.53 Å². The molecule has 0 saturated heterocycles. The van der Waals surface area contributed by atoms with Crippen LogP contribution in [0.15, 0.2) is 54.6 Å². The second-order valence-corrected chi connectivity index (χ2v) is 6.20. The molecule has 3 N–H and O–H groups in total. The normalized spacial score (nSPS) is 14.9. The standard InChI is InChI=1S/C19H22N2O2.ClH/c20-19(10-5-11-19)14-21-18(22)16-8-4-9-17(12-16)23-13-15-6-2-1-3-7-15;/h1-4,6-9,12H,5,10-11,13-14,20H2,(H,21,22);1H. The summed E-state index contributed by atoms with van der Waals surface area (Å²) >= 11 is 0. The zero-order valence-corrected chi connectivity index (χ0v) is 14.4. The summed E-state index contributed by atoms with van der Waals surface area (Å²) in [5.41, 5.74) is 7.61. The van der Waals surface area contributed by atoms with Crippen molar-refractivity contribution in [2.75, 3.05) is 6.54 Å². The Morgan fingerprint density at radius 3 is 2.54 bits per heavy atom. The molecule has 1 amide bonds. The molecule has 2 aromatic carbocycles. The van der Waals surface area contributed by atoms with Crippen LogP contribution in [0, 0.1) is 0 Å². The van der Waals surface area contributed by atoms with Crippen LogP contribution in [-0.4, -0.2) is 18.0 Å². The van der Waals surface area contributed by atoms with Gasteiger partial charge in [0.25, 0.3) is 5.91 Å². The van der Waals surface area contributed by atoms with E-state index in [1.807, 2.05) is 42.5 Å². The fourth-order valence-corrected chi connectivity index (χ4v) is 2.63. The zero-order chi connectivity index (χ0) is 16.1. The van der Waals surface area contributed by atoms with Gasteiger partial charge < -0.3 is 15.8 Å². The first-order valence-corrected chi connectivity index (χ1v) is 7.99. The van der Waals surface area contributed by atoms with E-state index in [-0.39, 0.29) is 23.9 Å². The van der Waals surface area contributed by atoms with E-state index in [0.717, 1.165) is 24.8 Å². The van der Waals surface area contributed by atoms with Crippen LogP contribution in [0.2, 0.25) is 0 Å². The van der Waals surface area contributed by atoms with Gasteiger partial charge in [-0.05, 0) is 43.0 Å². The largest absolute Gasteiger partial charge is 0.489 e. The van der Waals surface area contributed by atoms with Crippen molar-refractivity contribution in [3.05, 3.63) is 65.7 Å². The minimum Gasteiger partial charge on any atom is -0.489 e. The molecule has 5 heteroatoms. The smallest absolute Gasteiger partial charge is 0.251 e. The number of halogens is 1. The van der Waals surface area contributed by atoms with E-state index in [1.54, 1.807) is 12.1 Å². The Morgan fingerprint density at radius 1 is 1.12 bits per heavy atom. The average Bonchev–Trinajstić information content (AvgIpc) is 2.57. The maximum Gasteiger partial charge on any atom is 0.251 e. The molecule has 0 spiro atoms. The average molecular weight is 347 g/mol. The van der Waals surface area contributed by atoms with Crippen LogP contribution >= 0.6 is 12.4 Å². The van der Waals surface area contributed by atoms with E-state index < -0.39 is 0 Å². The van der Waals surface area contributed by atoms with Gasteiger partial charge in [0, 0.05) is 17.6 Å². The molecule has 1 saturated carbocycles. The number of carbonyl (C=O) groups excluding carboxylic acids is 1. The monoisotopic (exact) mass is 346 g/mol. The van der Waals surface area contributed by atoms with Gasteiger partial charge in [-0.1, -0.05) is 36.4 Å². The molecule has 1 fully saturated rings. The number of carbonyl (C=O) groups is 1. The molecule has 0 radical (unpaired) electrons. The van der Waals surface area contributed by atoms with Crippen LogP contribution < -0.4 is 15.8 Å². The van der Waals surface area contributed by atoms with Crippen molar-refractivity contribution in [1.82, 2.24) is 5.32 Å². The Morgan fingerprint density at radius 2 is 1.88 bits per heavy atom. The fourth-order valence-electron chi connectivity index (χ4n) is 2.63. The SMILES string of the molecule is Cl.NC1(CNC(=O)c2cccc(OCc3ccccc3)c2)CCC1. The summed E-state index contributed by atoms with van der Waals surface area (Å²) in [7, 11) is 0. The van der Waals surface area contributed by atoms with Crippen LogP contribution in [0.25, 0.3) is 0 Å². The Hall–Kier alpha value is -2.04.